The number of nitrogens with zero attached hydrogens (tertiary/aromatic N) is 2. The second kappa shape index (κ2) is 9.43. The van der Waals surface area contributed by atoms with Gasteiger partial charge in [-0.15, -0.1) is 0 Å². The Morgan fingerprint density at radius 2 is 2.00 bits per heavy atom. The van der Waals surface area contributed by atoms with Gasteiger partial charge in [0.1, 0.15) is 22.9 Å². The number of anilines is 1. The van der Waals surface area contributed by atoms with Crippen molar-refractivity contribution in [3.05, 3.63) is 94.7 Å². The Balaban J connectivity index is 1.31. The van der Waals surface area contributed by atoms with Crippen molar-refractivity contribution in [3.8, 4) is 5.75 Å². The third kappa shape index (κ3) is 4.40. The van der Waals surface area contributed by atoms with Gasteiger partial charge in [0.25, 0.3) is 11.8 Å². The number of aliphatic hydroxyl groups is 1. The molecule has 2 atom stereocenters. The van der Waals surface area contributed by atoms with Crippen LogP contribution in [0.1, 0.15) is 43.5 Å². The number of methoxy groups -OCH3 is 1. The molecule has 5 rings (SSSR count). The minimum absolute atomic E-state index is 0.119. The van der Waals surface area contributed by atoms with E-state index in [1.54, 1.807) is 23.8 Å². The topological polar surface area (TPSA) is 105 Å². The Hall–Kier alpha value is -4.24. The van der Waals surface area contributed by atoms with Crippen molar-refractivity contribution < 1.29 is 23.8 Å². The first-order valence-corrected chi connectivity index (χ1v) is 11.5. The Labute approximate surface area is 206 Å². The maximum absolute atomic E-state index is 14.5. The number of fused-ring (bicyclic) bond motifs is 2. The molecule has 4 aromatic rings. The van der Waals surface area contributed by atoms with Crippen molar-refractivity contribution >= 4 is 23.1 Å². The predicted molar refractivity (Wildman–Crippen MR) is 132 cm³/mol. The van der Waals surface area contributed by atoms with Crippen LogP contribution in [0.5, 0.6) is 5.75 Å². The fraction of sp³-hybridized carbons (Fsp3) is 0.222. The lowest BCUT2D eigenvalue weighted by atomic mass is 9.99. The van der Waals surface area contributed by atoms with Crippen molar-refractivity contribution in [2.24, 2.45) is 0 Å². The Bertz CT molecular complexity index is 1480. The van der Waals surface area contributed by atoms with E-state index in [0.717, 1.165) is 22.8 Å². The molecule has 184 valence electrons. The van der Waals surface area contributed by atoms with Crippen molar-refractivity contribution in [1.29, 1.82) is 0 Å². The SMILES string of the molecule is COc1ccc2c(c1)C(CNC(=O)c1ccc(F)c(NC(=O)c3cnc4ccc(C)cn34)c1)C(O)C2. The van der Waals surface area contributed by atoms with Crippen LogP contribution < -0.4 is 15.4 Å². The third-order valence-corrected chi connectivity index (χ3v) is 6.49. The van der Waals surface area contributed by atoms with Crippen LogP contribution in [0.2, 0.25) is 0 Å². The fourth-order valence-electron chi connectivity index (χ4n) is 4.56. The van der Waals surface area contributed by atoms with Gasteiger partial charge in [0.2, 0.25) is 0 Å². The van der Waals surface area contributed by atoms with Gasteiger partial charge in [-0.25, -0.2) is 9.37 Å². The first-order valence-electron chi connectivity index (χ1n) is 11.5. The zero-order chi connectivity index (χ0) is 25.4. The van der Waals surface area contributed by atoms with Gasteiger partial charge in [-0.1, -0.05) is 12.1 Å². The Morgan fingerprint density at radius 3 is 2.81 bits per heavy atom. The molecule has 0 bridgehead atoms. The van der Waals surface area contributed by atoms with Gasteiger partial charge in [-0.3, -0.25) is 14.0 Å². The number of nitrogens with one attached hydrogen (secondary N) is 2. The van der Waals surface area contributed by atoms with Gasteiger partial charge in [0, 0.05) is 24.2 Å². The average Bonchev–Trinajstić information content (AvgIpc) is 3.43. The summed E-state index contributed by atoms with van der Waals surface area (Å²) in [4.78, 5) is 29.9. The van der Waals surface area contributed by atoms with Gasteiger partial charge < -0.3 is 20.5 Å². The highest BCUT2D eigenvalue weighted by molar-refractivity contribution is 6.04. The van der Waals surface area contributed by atoms with E-state index in [1.165, 1.54) is 18.3 Å². The van der Waals surface area contributed by atoms with Gasteiger partial charge in [-0.05, 0) is 66.4 Å². The summed E-state index contributed by atoms with van der Waals surface area (Å²) < 4.78 is 21.4. The molecule has 3 N–H and O–H groups in total. The minimum Gasteiger partial charge on any atom is -0.497 e. The van der Waals surface area contributed by atoms with E-state index in [-0.39, 0.29) is 29.4 Å². The molecule has 2 heterocycles. The smallest absolute Gasteiger partial charge is 0.274 e. The molecular weight excluding hydrogens is 463 g/mol. The number of carbonyl (C=O) groups excluding carboxylic acids is 2. The highest BCUT2D eigenvalue weighted by Gasteiger charge is 2.31. The maximum atomic E-state index is 14.5. The zero-order valence-corrected chi connectivity index (χ0v) is 19.8. The molecular formula is C27H25FN4O4. The number of aromatic nitrogens is 2. The van der Waals surface area contributed by atoms with Gasteiger partial charge in [-0.2, -0.15) is 0 Å². The van der Waals surface area contributed by atoms with Crippen LogP contribution in [0.15, 0.2) is 60.9 Å². The van der Waals surface area contributed by atoms with Crippen molar-refractivity contribution in [3.63, 3.8) is 0 Å². The summed E-state index contributed by atoms with van der Waals surface area (Å²) in [5.74, 6) is -1.28. The number of halogens is 1. The summed E-state index contributed by atoms with van der Waals surface area (Å²) in [6, 6.07) is 13.1. The molecule has 2 unspecified atom stereocenters. The maximum Gasteiger partial charge on any atom is 0.274 e. The normalized spacial score (nSPS) is 16.6. The molecule has 2 aromatic heterocycles. The summed E-state index contributed by atoms with van der Waals surface area (Å²) in [5.41, 5.74) is 3.77. The lowest BCUT2D eigenvalue weighted by Crippen LogP contribution is -2.32. The van der Waals surface area contributed by atoms with Crippen LogP contribution in [0.4, 0.5) is 10.1 Å². The van der Waals surface area contributed by atoms with E-state index in [1.807, 2.05) is 31.2 Å². The minimum atomic E-state index is -0.669. The Kier molecular flexibility index (Phi) is 6.15. The number of amides is 2. The lowest BCUT2D eigenvalue weighted by Gasteiger charge is -2.17. The number of rotatable bonds is 6. The molecule has 0 spiro atoms. The molecule has 0 radical (unpaired) electrons. The molecule has 9 heteroatoms. The number of aliphatic hydroxyl groups excluding tert-OH is 1. The summed E-state index contributed by atoms with van der Waals surface area (Å²) in [5, 5.41) is 15.9. The van der Waals surface area contributed by atoms with E-state index >= 15 is 0 Å². The van der Waals surface area contributed by atoms with E-state index in [9.17, 15) is 19.1 Å². The standard InChI is InChI=1S/C27H25FN4O4/c1-15-3-8-25-29-13-23(32(25)14-15)27(35)31-22-9-17(5-7-21(22)28)26(34)30-12-20-19-11-18(36-2)6-4-16(19)10-24(20)33/h3-9,11,13-14,20,24,33H,10,12H2,1-2H3,(H,30,34)(H,31,35). The first kappa shape index (κ1) is 23.5. The van der Waals surface area contributed by atoms with E-state index < -0.39 is 23.7 Å². The van der Waals surface area contributed by atoms with E-state index in [0.29, 0.717) is 17.8 Å². The van der Waals surface area contributed by atoms with Crippen LogP contribution >= 0.6 is 0 Å². The molecule has 2 amide bonds. The molecule has 1 aliphatic rings. The number of aryl methyl sites for hydroxylation is 1. The van der Waals surface area contributed by atoms with Gasteiger partial charge in [0.15, 0.2) is 0 Å². The first-order chi connectivity index (χ1) is 17.3. The van der Waals surface area contributed by atoms with Crippen LogP contribution in [-0.2, 0) is 6.42 Å². The summed E-state index contributed by atoms with van der Waals surface area (Å²) in [6.07, 6.45) is 3.04. The fourth-order valence-corrected chi connectivity index (χ4v) is 4.56. The average molecular weight is 489 g/mol. The van der Waals surface area contributed by atoms with E-state index in [4.69, 9.17) is 4.74 Å². The second-order valence-corrected chi connectivity index (χ2v) is 8.88. The van der Waals surface area contributed by atoms with Crippen LogP contribution in [0, 0.1) is 12.7 Å². The number of imidazole rings is 1. The van der Waals surface area contributed by atoms with Crippen molar-refractivity contribution in [1.82, 2.24) is 14.7 Å². The summed E-state index contributed by atoms with van der Waals surface area (Å²) in [7, 11) is 1.57. The number of pyridine rings is 1. The highest BCUT2D eigenvalue weighted by atomic mass is 19.1. The molecule has 36 heavy (non-hydrogen) atoms. The van der Waals surface area contributed by atoms with Crippen LogP contribution in [0.3, 0.4) is 0 Å². The zero-order valence-electron chi connectivity index (χ0n) is 19.8. The Morgan fingerprint density at radius 1 is 1.17 bits per heavy atom. The van der Waals surface area contributed by atoms with Crippen LogP contribution in [-0.4, -0.2) is 46.1 Å². The highest BCUT2D eigenvalue weighted by Crippen LogP contribution is 2.35. The largest absolute Gasteiger partial charge is 0.497 e. The van der Waals surface area contributed by atoms with Gasteiger partial charge >= 0.3 is 0 Å². The second-order valence-electron chi connectivity index (χ2n) is 8.88. The number of carbonyl (C=O) groups is 2. The van der Waals surface area contributed by atoms with Gasteiger partial charge in [0.05, 0.1) is 25.1 Å². The lowest BCUT2D eigenvalue weighted by molar-refractivity contribution is 0.0935. The number of ether oxygens (including phenoxy) is 1. The third-order valence-electron chi connectivity index (χ3n) is 6.49. The summed E-state index contributed by atoms with van der Waals surface area (Å²) in [6.45, 7) is 2.09. The molecule has 0 saturated heterocycles. The van der Waals surface area contributed by atoms with E-state index in [2.05, 4.69) is 15.6 Å². The van der Waals surface area contributed by atoms with Crippen molar-refractivity contribution in [2.45, 2.75) is 25.4 Å². The summed E-state index contributed by atoms with van der Waals surface area (Å²) >= 11 is 0. The molecule has 0 fully saturated rings. The van der Waals surface area contributed by atoms with Crippen molar-refractivity contribution in [2.75, 3.05) is 19.0 Å². The quantitative estimate of drug-likeness (QED) is 0.386. The monoisotopic (exact) mass is 488 g/mol. The number of benzene rings is 2. The molecule has 8 nitrogen and oxygen atoms in total. The predicted octanol–water partition coefficient (Wildman–Crippen LogP) is 3.47. The number of hydrogen-bond acceptors (Lipinski definition) is 5. The molecule has 0 saturated carbocycles. The molecule has 2 aromatic carbocycles. The molecule has 0 aliphatic heterocycles. The number of hydrogen-bond donors (Lipinski definition) is 3. The molecule has 1 aliphatic carbocycles. The van der Waals surface area contributed by atoms with Crippen LogP contribution in [0.25, 0.3) is 5.65 Å².